The molecule has 0 aliphatic heterocycles. The lowest BCUT2D eigenvalue weighted by Gasteiger charge is -2.08. The zero-order chi connectivity index (χ0) is 16.8. The molecular weight excluding hydrogens is 298 g/mol. The lowest BCUT2D eigenvalue weighted by molar-refractivity contribution is 0.155. The summed E-state index contributed by atoms with van der Waals surface area (Å²) in [4.78, 5) is 11.9. The highest BCUT2D eigenvalue weighted by Gasteiger charge is 2.04. The molecule has 0 heterocycles. The minimum Gasteiger partial charge on any atom is -0.444 e. The molecule has 0 fully saturated rings. The van der Waals surface area contributed by atoms with E-state index in [0.717, 1.165) is 16.7 Å². The fourth-order valence-corrected chi connectivity index (χ4v) is 2.45. The zero-order valence-electron chi connectivity index (χ0n) is 13.5. The number of ether oxygens (including phenoxy) is 1. The smallest absolute Gasteiger partial charge is 0.411 e. The molecular formula is C21H19NO2. The number of carbonyl (C=O) groups is 1. The number of benzene rings is 3. The summed E-state index contributed by atoms with van der Waals surface area (Å²) in [6, 6.07) is 25.7. The van der Waals surface area contributed by atoms with Crippen molar-refractivity contribution in [2.75, 3.05) is 5.32 Å². The standard InChI is InChI=1S/C21H19NO2/c1-16-6-5-9-19(14-16)18-10-12-20(13-11-18)22-21(23)24-15-17-7-3-2-4-8-17/h2-14H,15H2,1H3,(H,22,23). The molecule has 3 aromatic rings. The van der Waals surface area contributed by atoms with Gasteiger partial charge in [-0.25, -0.2) is 4.79 Å². The molecule has 0 aliphatic rings. The summed E-state index contributed by atoms with van der Waals surface area (Å²) in [6.07, 6.45) is -0.456. The van der Waals surface area contributed by atoms with Crippen molar-refractivity contribution in [1.82, 2.24) is 0 Å². The molecule has 0 saturated heterocycles. The van der Waals surface area contributed by atoms with Crippen LogP contribution in [0.2, 0.25) is 0 Å². The topological polar surface area (TPSA) is 38.3 Å². The van der Waals surface area contributed by atoms with Crippen LogP contribution < -0.4 is 5.32 Å². The van der Waals surface area contributed by atoms with E-state index in [9.17, 15) is 4.79 Å². The second-order valence-electron chi connectivity index (χ2n) is 5.63. The quantitative estimate of drug-likeness (QED) is 0.698. The van der Waals surface area contributed by atoms with Gasteiger partial charge in [0.1, 0.15) is 6.61 Å². The van der Waals surface area contributed by atoms with Gasteiger partial charge >= 0.3 is 6.09 Å². The van der Waals surface area contributed by atoms with Crippen molar-refractivity contribution < 1.29 is 9.53 Å². The van der Waals surface area contributed by atoms with E-state index < -0.39 is 6.09 Å². The molecule has 3 nitrogen and oxygen atoms in total. The maximum absolute atomic E-state index is 11.9. The summed E-state index contributed by atoms with van der Waals surface area (Å²) in [6.45, 7) is 2.33. The maximum atomic E-state index is 11.9. The molecule has 0 radical (unpaired) electrons. The second kappa shape index (κ2) is 7.47. The molecule has 0 bridgehead atoms. The van der Waals surface area contributed by atoms with Crippen molar-refractivity contribution in [3.05, 3.63) is 90.0 Å². The molecule has 0 atom stereocenters. The Balaban J connectivity index is 1.58. The van der Waals surface area contributed by atoms with E-state index in [1.165, 1.54) is 5.56 Å². The molecule has 0 aromatic heterocycles. The van der Waals surface area contributed by atoms with E-state index in [2.05, 4.69) is 30.4 Å². The number of hydrogen-bond donors (Lipinski definition) is 1. The molecule has 0 unspecified atom stereocenters. The molecule has 0 aliphatic carbocycles. The summed E-state index contributed by atoms with van der Waals surface area (Å²) >= 11 is 0. The van der Waals surface area contributed by atoms with Gasteiger partial charge < -0.3 is 4.74 Å². The Kier molecular flexibility index (Phi) is 4.92. The first-order valence-corrected chi connectivity index (χ1v) is 7.85. The fourth-order valence-electron chi connectivity index (χ4n) is 2.45. The molecule has 24 heavy (non-hydrogen) atoms. The van der Waals surface area contributed by atoms with Crippen LogP contribution in [0.5, 0.6) is 0 Å². The van der Waals surface area contributed by atoms with Crippen LogP contribution in [-0.4, -0.2) is 6.09 Å². The van der Waals surface area contributed by atoms with Gasteiger partial charge in [0.2, 0.25) is 0 Å². The summed E-state index contributed by atoms with van der Waals surface area (Å²) in [5, 5.41) is 2.74. The van der Waals surface area contributed by atoms with Crippen LogP contribution in [0.3, 0.4) is 0 Å². The number of nitrogens with one attached hydrogen (secondary N) is 1. The Hall–Kier alpha value is -3.07. The lowest BCUT2D eigenvalue weighted by atomic mass is 10.0. The number of aryl methyl sites for hydroxylation is 1. The average molecular weight is 317 g/mol. The lowest BCUT2D eigenvalue weighted by Crippen LogP contribution is -2.13. The van der Waals surface area contributed by atoms with Crippen LogP contribution >= 0.6 is 0 Å². The summed E-state index contributed by atoms with van der Waals surface area (Å²) in [5.41, 5.74) is 5.17. The van der Waals surface area contributed by atoms with E-state index in [0.29, 0.717) is 5.69 Å². The Bertz CT molecular complexity index is 811. The number of anilines is 1. The van der Waals surface area contributed by atoms with Gasteiger partial charge in [-0.15, -0.1) is 0 Å². The van der Waals surface area contributed by atoms with Crippen molar-refractivity contribution in [2.45, 2.75) is 13.5 Å². The van der Waals surface area contributed by atoms with Crippen LogP contribution in [0.15, 0.2) is 78.9 Å². The van der Waals surface area contributed by atoms with Crippen molar-refractivity contribution in [3.8, 4) is 11.1 Å². The average Bonchev–Trinajstić information content (AvgIpc) is 2.61. The molecule has 1 N–H and O–H groups in total. The Morgan fingerprint density at radius 3 is 2.33 bits per heavy atom. The van der Waals surface area contributed by atoms with Crippen molar-refractivity contribution >= 4 is 11.8 Å². The van der Waals surface area contributed by atoms with Gasteiger partial charge in [-0.1, -0.05) is 72.3 Å². The maximum Gasteiger partial charge on any atom is 0.411 e. The highest BCUT2D eigenvalue weighted by atomic mass is 16.5. The van der Waals surface area contributed by atoms with Crippen LogP contribution in [0.25, 0.3) is 11.1 Å². The minimum atomic E-state index is -0.456. The fraction of sp³-hybridized carbons (Fsp3) is 0.0952. The predicted octanol–water partition coefficient (Wildman–Crippen LogP) is 5.41. The Morgan fingerprint density at radius 1 is 0.875 bits per heavy atom. The summed E-state index contributed by atoms with van der Waals surface area (Å²) in [7, 11) is 0. The van der Waals surface area contributed by atoms with Crippen molar-refractivity contribution in [1.29, 1.82) is 0 Å². The molecule has 0 spiro atoms. The normalized spacial score (nSPS) is 10.2. The Labute approximate surface area is 141 Å². The van der Waals surface area contributed by atoms with E-state index in [-0.39, 0.29) is 6.61 Å². The first kappa shape index (κ1) is 15.8. The van der Waals surface area contributed by atoms with Gasteiger partial charge in [-0.3, -0.25) is 5.32 Å². The molecule has 3 heteroatoms. The highest BCUT2D eigenvalue weighted by molar-refractivity contribution is 5.85. The van der Waals surface area contributed by atoms with E-state index in [1.54, 1.807) is 0 Å². The molecule has 1 amide bonds. The summed E-state index contributed by atoms with van der Waals surface area (Å²) in [5.74, 6) is 0. The predicted molar refractivity (Wildman–Crippen MR) is 96.9 cm³/mol. The molecule has 120 valence electrons. The van der Waals surface area contributed by atoms with Crippen LogP contribution in [0, 0.1) is 6.92 Å². The number of rotatable bonds is 4. The largest absolute Gasteiger partial charge is 0.444 e. The van der Waals surface area contributed by atoms with E-state index in [4.69, 9.17) is 4.74 Å². The van der Waals surface area contributed by atoms with E-state index in [1.807, 2.05) is 60.7 Å². The number of amides is 1. The van der Waals surface area contributed by atoms with Gasteiger partial charge in [0.15, 0.2) is 0 Å². The van der Waals surface area contributed by atoms with Crippen LogP contribution in [0.4, 0.5) is 10.5 Å². The van der Waals surface area contributed by atoms with Gasteiger partial charge in [0.05, 0.1) is 0 Å². The van der Waals surface area contributed by atoms with Crippen molar-refractivity contribution in [3.63, 3.8) is 0 Å². The van der Waals surface area contributed by atoms with Gasteiger partial charge in [-0.2, -0.15) is 0 Å². The van der Waals surface area contributed by atoms with E-state index >= 15 is 0 Å². The second-order valence-corrected chi connectivity index (χ2v) is 5.63. The van der Waals surface area contributed by atoms with Gasteiger partial charge in [0.25, 0.3) is 0 Å². The molecule has 0 saturated carbocycles. The minimum absolute atomic E-state index is 0.258. The highest BCUT2D eigenvalue weighted by Crippen LogP contribution is 2.22. The van der Waals surface area contributed by atoms with Gasteiger partial charge in [0, 0.05) is 5.69 Å². The first-order chi connectivity index (χ1) is 11.7. The van der Waals surface area contributed by atoms with Crippen molar-refractivity contribution in [2.24, 2.45) is 0 Å². The molecule has 3 aromatic carbocycles. The number of hydrogen-bond acceptors (Lipinski definition) is 2. The molecule has 3 rings (SSSR count). The third-order valence-corrected chi connectivity index (χ3v) is 3.70. The van der Waals surface area contributed by atoms with Crippen LogP contribution in [-0.2, 0) is 11.3 Å². The van der Waals surface area contributed by atoms with Gasteiger partial charge in [-0.05, 0) is 35.7 Å². The zero-order valence-corrected chi connectivity index (χ0v) is 13.5. The third-order valence-electron chi connectivity index (χ3n) is 3.70. The SMILES string of the molecule is Cc1cccc(-c2ccc(NC(=O)OCc3ccccc3)cc2)c1. The third kappa shape index (κ3) is 4.23. The first-order valence-electron chi connectivity index (χ1n) is 7.85. The summed E-state index contributed by atoms with van der Waals surface area (Å²) < 4.78 is 5.21. The number of carbonyl (C=O) groups excluding carboxylic acids is 1. The Morgan fingerprint density at radius 2 is 1.62 bits per heavy atom. The monoisotopic (exact) mass is 317 g/mol. The van der Waals surface area contributed by atoms with Crippen LogP contribution in [0.1, 0.15) is 11.1 Å².